The number of phosphoric acid groups is 1. The minimum atomic E-state index is -4.45. The number of allylic oxidation sites excluding steroid dienone is 9. The Hall–Kier alpha value is -2.29. The van der Waals surface area contributed by atoms with Gasteiger partial charge in [-0.25, -0.2) is 4.57 Å². The van der Waals surface area contributed by atoms with Crippen molar-refractivity contribution in [2.45, 2.75) is 290 Å². The number of carbonyl (C=O) groups is 2. The van der Waals surface area contributed by atoms with Crippen molar-refractivity contribution in [2.75, 3.05) is 40.9 Å². The maximum Gasteiger partial charge on any atom is 0.472 e. The molecule has 0 aliphatic carbocycles. The quantitative estimate of drug-likeness (QED) is 0.0205. The first kappa shape index (κ1) is 70.7. The van der Waals surface area contributed by atoms with E-state index in [4.69, 9.17) is 13.8 Å². The van der Waals surface area contributed by atoms with Gasteiger partial charge in [-0.2, -0.15) is 0 Å². The summed E-state index contributed by atoms with van der Waals surface area (Å²) >= 11 is 0. The first-order valence-electron chi connectivity index (χ1n) is 30.6. The Balaban J connectivity index is 5.22. The maximum absolute atomic E-state index is 13.5. The monoisotopic (exact) mass is 1050 g/mol. The molecule has 2 N–H and O–H groups in total. The molecule has 0 bridgehead atoms. The highest BCUT2D eigenvalue weighted by Gasteiger charge is 2.30. The SMILES string of the molecule is CC/C=C/C/C=C/CCCCCCCCCC(=O)OC(/C=C\CCCCCCCCCCCC)C(COP(=O)(O)OCC[N+](C)(C)C)NC(=O)CCCCCCCCCCCCC/C=C\C/C=C\CCCCC. The van der Waals surface area contributed by atoms with E-state index in [2.05, 4.69) is 74.7 Å². The van der Waals surface area contributed by atoms with Crippen LogP contribution in [-0.2, 0) is 27.9 Å². The molecule has 73 heavy (non-hydrogen) atoms. The van der Waals surface area contributed by atoms with Gasteiger partial charge in [0.25, 0.3) is 0 Å². The van der Waals surface area contributed by atoms with Gasteiger partial charge in [-0.3, -0.25) is 18.6 Å². The molecule has 0 aliphatic rings. The van der Waals surface area contributed by atoms with Crippen molar-refractivity contribution in [3.05, 3.63) is 60.8 Å². The highest BCUT2D eigenvalue weighted by atomic mass is 31.2. The summed E-state index contributed by atoms with van der Waals surface area (Å²) in [5.74, 6) is -0.513. The number of nitrogens with one attached hydrogen (secondary N) is 1. The van der Waals surface area contributed by atoms with Gasteiger partial charge in [-0.05, 0) is 89.5 Å². The standard InChI is InChI=1S/C63H117N2O7P/c1-7-10-13-16-19-22-25-28-30-31-32-33-34-35-36-37-40-43-46-49-52-55-62(66)64-60(59-71-73(68,69)70-58-57-65(4,5)6)61(54-51-48-45-42-39-27-24-21-18-15-12-9-3)72-63(67)56-53-50-47-44-41-38-29-26-23-20-17-14-11-8-2/h11,14,19-20,22-23,28,30,51,54,60-61H,7-10,12-13,15-18,21,24-27,29,31-50,52-53,55-59H2,1-6H3,(H-,64,66,68,69)/p+1/b14-11+,22-19-,23-20+,30-28-,54-51-. The number of nitrogens with zero attached hydrogens (tertiary/aromatic N) is 1. The van der Waals surface area contributed by atoms with E-state index in [1.165, 1.54) is 154 Å². The van der Waals surface area contributed by atoms with Gasteiger partial charge in [0.05, 0.1) is 33.8 Å². The molecule has 0 saturated carbocycles. The fraction of sp³-hybridized carbons (Fsp3) is 0.810. The van der Waals surface area contributed by atoms with Gasteiger partial charge in [0.2, 0.25) is 5.91 Å². The molecule has 426 valence electrons. The molecule has 3 atom stereocenters. The van der Waals surface area contributed by atoms with Crippen molar-refractivity contribution in [3.63, 3.8) is 0 Å². The highest BCUT2D eigenvalue weighted by Crippen LogP contribution is 2.43. The van der Waals surface area contributed by atoms with Crippen molar-refractivity contribution in [2.24, 2.45) is 0 Å². The predicted molar refractivity (Wildman–Crippen MR) is 314 cm³/mol. The summed E-state index contributed by atoms with van der Waals surface area (Å²) in [5.41, 5.74) is 0. The molecule has 0 rings (SSSR count). The fourth-order valence-electron chi connectivity index (χ4n) is 8.71. The highest BCUT2D eigenvalue weighted by molar-refractivity contribution is 7.47. The van der Waals surface area contributed by atoms with Crippen LogP contribution in [0, 0.1) is 0 Å². The number of amides is 1. The normalized spacial score (nSPS) is 14.1. The van der Waals surface area contributed by atoms with Crippen molar-refractivity contribution < 1.29 is 37.3 Å². The fourth-order valence-corrected chi connectivity index (χ4v) is 9.45. The van der Waals surface area contributed by atoms with Crippen molar-refractivity contribution in [1.29, 1.82) is 0 Å². The lowest BCUT2D eigenvalue weighted by atomic mass is 10.0. The van der Waals surface area contributed by atoms with E-state index in [-0.39, 0.29) is 31.5 Å². The lowest BCUT2D eigenvalue weighted by Gasteiger charge is -2.27. The first-order valence-corrected chi connectivity index (χ1v) is 32.1. The molecule has 0 radical (unpaired) electrons. The number of likely N-dealkylation sites (N-methyl/N-ethyl adjacent to an activating group) is 1. The average molecular weight is 1050 g/mol. The summed E-state index contributed by atoms with van der Waals surface area (Å²) in [5, 5.41) is 3.05. The smallest absolute Gasteiger partial charge is 0.456 e. The summed E-state index contributed by atoms with van der Waals surface area (Å²) < 4.78 is 30.7. The van der Waals surface area contributed by atoms with Crippen LogP contribution in [0.2, 0.25) is 0 Å². The molecule has 0 saturated heterocycles. The number of phosphoric ester groups is 1. The molecule has 0 spiro atoms. The number of carbonyl (C=O) groups excluding carboxylic acids is 2. The van der Waals surface area contributed by atoms with Gasteiger partial charge >= 0.3 is 13.8 Å². The van der Waals surface area contributed by atoms with Crippen LogP contribution in [0.3, 0.4) is 0 Å². The van der Waals surface area contributed by atoms with Crippen LogP contribution in [-0.4, -0.2) is 74.3 Å². The minimum absolute atomic E-state index is 0.0376. The molecule has 3 unspecified atom stereocenters. The Labute approximate surface area is 451 Å². The second kappa shape index (κ2) is 53.1. The molecule has 1 amide bonds. The Morgan fingerprint density at radius 1 is 0.493 bits per heavy atom. The van der Waals surface area contributed by atoms with Crippen molar-refractivity contribution in [1.82, 2.24) is 5.32 Å². The Morgan fingerprint density at radius 3 is 1.33 bits per heavy atom. The van der Waals surface area contributed by atoms with Gasteiger partial charge in [-0.15, -0.1) is 0 Å². The number of esters is 1. The van der Waals surface area contributed by atoms with E-state index in [9.17, 15) is 19.0 Å². The van der Waals surface area contributed by atoms with Gasteiger partial charge < -0.3 is 19.4 Å². The zero-order chi connectivity index (χ0) is 53.6. The van der Waals surface area contributed by atoms with Crippen molar-refractivity contribution in [3.8, 4) is 0 Å². The number of ether oxygens (including phenoxy) is 1. The van der Waals surface area contributed by atoms with E-state index < -0.39 is 20.0 Å². The number of hydrogen-bond donors (Lipinski definition) is 2. The van der Waals surface area contributed by atoms with Crippen LogP contribution in [0.25, 0.3) is 0 Å². The summed E-state index contributed by atoms with van der Waals surface area (Å²) in [6.45, 7) is 6.89. The molecule has 9 nitrogen and oxygen atoms in total. The topological polar surface area (TPSA) is 111 Å². The Morgan fingerprint density at radius 2 is 0.877 bits per heavy atom. The summed E-state index contributed by atoms with van der Waals surface area (Å²) in [6.07, 6.45) is 66.4. The molecule has 0 aromatic heterocycles. The zero-order valence-electron chi connectivity index (χ0n) is 48.6. The molecule has 10 heteroatoms. The van der Waals surface area contributed by atoms with Gasteiger partial charge in [0.1, 0.15) is 19.3 Å². The molecular weight excluding hydrogens is 928 g/mol. The molecule has 0 aromatic carbocycles. The summed E-state index contributed by atoms with van der Waals surface area (Å²) in [4.78, 5) is 37.7. The van der Waals surface area contributed by atoms with Crippen LogP contribution in [0.1, 0.15) is 278 Å². The van der Waals surface area contributed by atoms with E-state index in [1.54, 1.807) is 0 Å². The van der Waals surface area contributed by atoms with E-state index in [0.29, 0.717) is 17.4 Å². The maximum atomic E-state index is 13.5. The van der Waals surface area contributed by atoms with Gasteiger partial charge in [0, 0.05) is 12.8 Å². The van der Waals surface area contributed by atoms with Crippen LogP contribution in [0.15, 0.2) is 60.8 Å². The van der Waals surface area contributed by atoms with Crippen LogP contribution in [0.4, 0.5) is 0 Å². The third kappa shape index (κ3) is 54.3. The largest absolute Gasteiger partial charge is 0.472 e. The van der Waals surface area contributed by atoms with Gasteiger partial charge in [-0.1, -0.05) is 236 Å². The second-order valence-electron chi connectivity index (χ2n) is 21.8. The molecular formula is C63H118N2O7P+. The van der Waals surface area contributed by atoms with Crippen LogP contribution < -0.4 is 5.32 Å². The summed E-state index contributed by atoms with van der Waals surface area (Å²) in [7, 11) is 1.49. The third-order valence-electron chi connectivity index (χ3n) is 13.4. The minimum Gasteiger partial charge on any atom is -0.456 e. The average Bonchev–Trinajstić information content (AvgIpc) is 3.35. The lowest BCUT2D eigenvalue weighted by Crippen LogP contribution is -2.47. The van der Waals surface area contributed by atoms with E-state index in [1.807, 2.05) is 33.3 Å². The van der Waals surface area contributed by atoms with Crippen LogP contribution in [0.5, 0.6) is 0 Å². The Bertz CT molecular complexity index is 1440. The summed E-state index contributed by atoms with van der Waals surface area (Å²) in [6, 6.07) is -0.852. The molecule has 0 fully saturated rings. The second-order valence-corrected chi connectivity index (χ2v) is 23.3. The van der Waals surface area contributed by atoms with E-state index >= 15 is 0 Å². The molecule has 0 aliphatic heterocycles. The number of hydrogen-bond acceptors (Lipinski definition) is 6. The van der Waals surface area contributed by atoms with Crippen LogP contribution >= 0.6 is 7.82 Å². The van der Waals surface area contributed by atoms with Crippen molar-refractivity contribution >= 4 is 19.7 Å². The zero-order valence-corrected chi connectivity index (χ0v) is 49.5. The number of rotatable bonds is 55. The van der Waals surface area contributed by atoms with Gasteiger partial charge in [0.15, 0.2) is 0 Å². The molecule has 0 heterocycles. The number of quaternary nitrogens is 1. The first-order chi connectivity index (χ1) is 35.4. The predicted octanol–water partition coefficient (Wildman–Crippen LogP) is 18.7. The molecule has 0 aromatic rings. The third-order valence-corrected chi connectivity index (χ3v) is 14.4. The van der Waals surface area contributed by atoms with E-state index in [0.717, 1.165) is 89.9 Å². The Kier molecular flexibility index (Phi) is 51.5. The number of unbranched alkanes of at least 4 members (excludes halogenated alkanes) is 31. The lowest BCUT2D eigenvalue weighted by molar-refractivity contribution is -0.870.